The molecule has 2 aliphatic heterocycles. The highest BCUT2D eigenvalue weighted by Crippen LogP contribution is 2.37. The summed E-state index contributed by atoms with van der Waals surface area (Å²) in [7, 11) is 0. The normalized spacial score (nSPS) is 18.1. The molecule has 2 aromatic carbocycles. The summed E-state index contributed by atoms with van der Waals surface area (Å²) in [6, 6.07) is 14.6. The number of halogens is 2. The van der Waals surface area contributed by atoms with Gasteiger partial charge in [-0.25, -0.2) is 0 Å². The van der Waals surface area contributed by atoms with Gasteiger partial charge in [-0.2, -0.15) is 0 Å². The van der Waals surface area contributed by atoms with Gasteiger partial charge in [-0.15, -0.1) is 0 Å². The Balaban J connectivity index is 1.45. The summed E-state index contributed by atoms with van der Waals surface area (Å²) in [5, 5.41) is 0.784. The summed E-state index contributed by atoms with van der Waals surface area (Å²) >= 11 is 12.1. The maximum Gasteiger partial charge on any atom is 0.253 e. The van der Waals surface area contributed by atoms with Crippen LogP contribution in [-0.4, -0.2) is 67.6 Å². The fourth-order valence-corrected chi connectivity index (χ4v) is 4.66. The molecule has 2 fully saturated rings. The predicted molar refractivity (Wildman–Crippen MR) is 128 cm³/mol. The summed E-state index contributed by atoms with van der Waals surface area (Å²) in [5.41, 5.74) is 0.182. The lowest BCUT2D eigenvalue weighted by Gasteiger charge is -2.42. The van der Waals surface area contributed by atoms with E-state index in [0.717, 1.165) is 5.75 Å². The van der Waals surface area contributed by atoms with E-state index >= 15 is 0 Å². The lowest BCUT2D eigenvalue weighted by atomic mass is 9.75. The molecule has 0 bridgehead atoms. The molecule has 8 heteroatoms. The zero-order valence-electron chi connectivity index (χ0n) is 18.5. The second-order valence-corrected chi connectivity index (χ2v) is 9.51. The van der Waals surface area contributed by atoms with E-state index in [9.17, 15) is 9.59 Å². The zero-order chi connectivity index (χ0) is 23.3. The second-order valence-electron chi connectivity index (χ2n) is 8.69. The van der Waals surface area contributed by atoms with Crippen LogP contribution in [0.25, 0.3) is 0 Å². The molecule has 4 rings (SSSR count). The molecule has 0 aliphatic carbocycles. The number of nitrogens with zero attached hydrogens (tertiary/aromatic N) is 2. The molecule has 2 aliphatic rings. The van der Waals surface area contributed by atoms with Crippen LogP contribution in [0.15, 0.2) is 48.5 Å². The molecule has 2 saturated heterocycles. The van der Waals surface area contributed by atoms with Gasteiger partial charge in [0.2, 0.25) is 5.91 Å². The maximum absolute atomic E-state index is 13.1. The van der Waals surface area contributed by atoms with E-state index in [-0.39, 0.29) is 17.2 Å². The number of hydrogen-bond donors (Lipinski definition) is 0. The van der Waals surface area contributed by atoms with Crippen LogP contribution in [0.4, 0.5) is 0 Å². The second kappa shape index (κ2) is 10.8. The molecule has 33 heavy (non-hydrogen) atoms. The minimum atomic E-state index is -0.334. The van der Waals surface area contributed by atoms with Crippen LogP contribution < -0.4 is 4.74 Å². The minimum absolute atomic E-state index is 0.0781. The summed E-state index contributed by atoms with van der Waals surface area (Å²) in [6.07, 6.45) is 1.76. The van der Waals surface area contributed by atoms with E-state index in [1.807, 2.05) is 40.1 Å². The van der Waals surface area contributed by atoms with Gasteiger partial charge in [-0.1, -0.05) is 41.4 Å². The first kappa shape index (κ1) is 23.9. The average molecular weight is 491 g/mol. The third-order valence-electron chi connectivity index (χ3n) is 6.46. The van der Waals surface area contributed by atoms with Crippen molar-refractivity contribution in [3.8, 4) is 5.75 Å². The van der Waals surface area contributed by atoms with Gasteiger partial charge in [0.05, 0.1) is 29.9 Å². The van der Waals surface area contributed by atoms with Gasteiger partial charge in [0.15, 0.2) is 0 Å². The quantitative estimate of drug-likeness (QED) is 0.596. The SMILES string of the molecule is O=C(CC1(COc2ccccc2)CCN(C(=O)c2ccc(Cl)c(Cl)c2)CC1)N1CCOCC1. The topological polar surface area (TPSA) is 59.1 Å². The fraction of sp³-hybridized carbons (Fsp3) is 0.440. The van der Waals surface area contributed by atoms with E-state index in [1.165, 1.54) is 0 Å². The summed E-state index contributed by atoms with van der Waals surface area (Å²) in [6.45, 7) is 3.92. The molecule has 0 atom stereocenters. The molecule has 2 aromatic rings. The molecule has 0 aromatic heterocycles. The van der Waals surface area contributed by atoms with Crippen molar-refractivity contribution >= 4 is 35.0 Å². The molecule has 176 valence electrons. The third kappa shape index (κ3) is 5.99. The number of carbonyl (C=O) groups excluding carboxylic acids is 2. The van der Waals surface area contributed by atoms with Gasteiger partial charge >= 0.3 is 0 Å². The Morgan fingerprint density at radius 1 is 0.909 bits per heavy atom. The first-order valence-corrected chi connectivity index (χ1v) is 12.0. The highest BCUT2D eigenvalue weighted by Gasteiger charge is 2.40. The molecule has 0 spiro atoms. The highest BCUT2D eigenvalue weighted by atomic mass is 35.5. The molecular formula is C25H28Cl2N2O4. The molecular weight excluding hydrogens is 463 g/mol. The van der Waals surface area contributed by atoms with Crippen molar-refractivity contribution in [1.29, 1.82) is 0 Å². The van der Waals surface area contributed by atoms with Crippen LogP contribution in [0.1, 0.15) is 29.6 Å². The predicted octanol–water partition coefficient (Wildman–Crippen LogP) is 4.54. The molecule has 6 nitrogen and oxygen atoms in total. The number of rotatable bonds is 6. The lowest BCUT2D eigenvalue weighted by molar-refractivity contribution is -0.139. The molecule has 0 saturated carbocycles. The van der Waals surface area contributed by atoms with Gasteiger partial charge in [0.25, 0.3) is 5.91 Å². The van der Waals surface area contributed by atoms with E-state index in [1.54, 1.807) is 18.2 Å². The number of hydrogen-bond acceptors (Lipinski definition) is 4. The standard InChI is InChI=1S/C25H28Cl2N2O4/c26-21-7-6-19(16-22(21)27)24(31)29-10-8-25(9-11-29,18-33-20-4-2-1-3-5-20)17-23(30)28-12-14-32-15-13-28/h1-7,16H,8-15,17-18H2. The minimum Gasteiger partial charge on any atom is -0.493 e. The Kier molecular flexibility index (Phi) is 7.78. The number of ether oxygens (including phenoxy) is 2. The molecule has 0 unspecified atom stereocenters. The van der Waals surface area contributed by atoms with Crippen LogP contribution in [0.5, 0.6) is 5.75 Å². The van der Waals surface area contributed by atoms with E-state index < -0.39 is 0 Å². The fourth-order valence-electron chi connectivity index (χ4n) is 4.37. The van der Waals surface area contributed by atoms with Gasteiger partial charge in [-0.3, -0.25) is 9.59 Å². The lowest BCUT2D eigenvalue weighted by Crippen LogP contribution is -2.49. The van der Waals surface area contributed by atoms with Gasteiger partial charge in [-0.05, 0) is 43.2 Å². The number of carbonyl (C=O) groups is 2. The number of likely N-dealkylation sites (tertiary alicyclic amines) is 1. The van der Waals surface area contributed by atoms with E-state index in [0.29, 0.717) is 80.9 Å². The number of benzene rings is 2. The average Bonchev–Trinajstić information content (AvgIpc) is 2.86. The molecule has 0 N–H and O–H groups in total. The van der Waals surface area contributed by atoms with Gasteiger partial charge < -0.3 is 19.3 Å². The van der Waals surface area contributed by atoms with E-state index in [2.05, 4.69) is 0 Å². The highest BCUT2D eigenvalue weighted by molar-refractivity contribution is 6.42. The largest absolute Gasteiger partial charge is 0.493 e. The maximum atomic E-state index is 13.1. The molecule has 0 radical (unpaired) electrons. The first-order valence-electron chi connectivity index (χ1n) is 11.2. The van der Waals surface area contributed by atoms with Crippen molar-refractivity contribution in [2.24, 2.45) is 5.41 Å². The van der Waals surface area contributed by atoms with Crippen molar-refractivity contribution in [1.82, 2.24) is 9.80 Å². The van der Waals surface area contributed by atoms with Gasteiger partial charge in [0, 0.05) is 43.6 Å². The smallest absolute Gasteiger partial charge is 0.253 e. The van der Waals surface area contributed by atoms with Crippen molar-refractivity contribution in [2.75, 3.05) is 46.0 Å². The van der Waals surface area contributed by atoms with Crippen molar-refractivity contribution in [3.05, 3.63) is 64.1 Å². The van der Waals surface area contributed by atoms with E-state index in [4.69, 9.17) is 32.7 Å². The van der Waals surface area contributed by atoms with Crippen LogP contribution in [0.2, 0.25) is 10.0 Å². The first-order chi connectivity index (χ1) is 16.0. The number of amides is 2. The van der Waals surface area contributed by atoms with Crippen LogP contribution in [0, 0.1) is 5.41 Å². The Morgan fingerprint density at radius 3 is 2.27 bits per heavy atom. The Morgan fingerprint density at radius 2 is 1.61 bits per heavy atom. The molecule has 2 amide bonds. The molecule has 2 heterocycles. The van der Waals surface area contributed by atoms with Crippen molar-refractivity contribution in [3.63, 3.8) is 0 Å². The number of piperidine rings is 1. The summed E-state index contributed by atoms with van der Waals surface area (Å²) in [5.74, 6) is 0.829. The number of morpholine rings is 1. The van der Waals surface area contributed by atoms with Crippen molar-refractivity contribution in [2.45, 2.75) is 19.3 Å². The summed E-state index contributed by atoms with van der Waals surface area (Å²) in [4.78, 5) is 29.8. The monoisotopic (exact) mass is 490 g/mol. The van der Waals surface area contributed by atoms with Crippen LogP contribution in [-0.2, 0) is 9.53 Å². The van der Waals surface area contributed by atoms with Gasteiger partial charge in [0.1, 0.15) is 5.75 Å². The zero-order valence-corrected chi connectivity index (χ0v) is 20.0. The van der Waals surface area contributed by atoms with Crippen LogP contribution in [0.3, 0.4) is 0 Å². The Bertz CT molecular complexity index is 972. The summed E-state index contributed by atoms with van der Waals surface area (Å²) < 4.78 is 11.5. The third-order valence-corrected chi connectivity index (χ3v) is 7.20. The number of para-hydroxylation sites is 1. The van der Waals surface area contributed by atoms with Crippen LogP contribution >= 0.6 is 23.2 Å². The Labute approximate surface area is 204 Å². The Hall–Kier alpha value is -2.28. The van der Waals surface area contributed by atoms with Crippen molar-refractivity contribution < 1.29 is 19.1 Å².